The smallest absolute Gasteiger partial charge is 0.302 e. The van der Waals surface area contributed by atoms with E-state index in [0.29, 0.717) is 11.8 Å². The first-order chi connectivity index (χ1) is 6.88. The molecule has 2 aliphatic rings. The van der Waals surface area contributed by atoms with Crippen molar-refractivity contribution in [2.75, 3.05) is 6.61 Å². The Morgan fingerprint density at radius 2 is 2.00 bits per heavy atom. The molecule has 3 atom stereocenters. The number of fused-ring (bicyclic) bond motifs is 2. The molecule has 15 heavy (non-hydrogen) atoms. The highest BCUT2D eigenvalue weighted by Crippen LogP contribution is 2.61. The molecule has 0 saturated heterocycles. The molecule has 2 fully saturated rings. The lowest BCUT2D eigenvalue weighted by atomic mass is 9.66. The Morgan fingerprint density at radius 1 is 1.40 bits per heavy atom. The minimum Gasteiger partial charge on any atom is -0.463 e. The quantitative estimate of drug-likeness (QED) is 0.709. The molecule has 0 spiro atoms. The molecule has 3 unspecified atom stereocenters. The van der Waals surface area contributed by atoms with Crippen molar-refractivity contribution in [1.82, 2.24) is 0 Å². The molecule has 0 heterocycles. The molecule has 0 aromatic carbocycles. The highest BCUT2D eigenvalue weighted by atomic mass is 16.5. The fourth-order valence-electron chi connectivity index (χ4n) is 3.47. The highest BCUT2D eigenvalue weighted by Gasteiger charge is 2.62. The van der Waals surface area contributed by atoms with Crippen molar-refractivity contribution in [3.05, 3.63) is 0 Å². The van der Waals surface area contributed by atoms with Crippen LogP contribution in [0.3, 0.4) is 0 Å². The Hall–Kier alpha value is -0.570. The molecule has 2 saturated carbocycles. The molecule has 2 aliphatic carbocycles. The molecule has 0 aromatic rings. The van der Waals surface area contributed by atoms with E-state index in [9.17, 15) is 9.90 Å². The van der Waals surface area contributed by atoms with Gasteiger partial charge in [-0.1, -0.05) is 13.8 Å². The number of aliphatic hydroxyl groups is 1. The Labute approximate surface area is 90.8 Å². The molecule has 86 valence electrons. The van der Waals surface area contributed by atoms with Crippen molar-refractivity contribution in [2.45, 2.75) is 45.6 Å². The Bertz CT molecular complexity index is 285. The molecule has 2 bridgehead atoms. The van der Waals surface area contributed by atoms with Gasteiger partial charge in [0, 0.05) is 6.92 Å². The van der Waals surface area contributed by atoms with Crippen molar-refractivity contribution in [1.29, 1.82) is 0 Å². The van der Waals surface area contributed by atoms with Crippen LogP contribution in [-0.4, -0.2) is 23.3 Å². The molecule has 0 amide bonds. The second-order valence-corrected chi connectivity index (χ2v) is 5.63. The number of hydrogen-bond donors (Lipinski definition) is 1. The van der Waals surface area contributed by atoms with Crippen molar-refractivity contribution in [2.24, 2.45) is 17.3 Å². The first-order valence-corrected chi connectivity index (χ1v) is 5.73. The molecule has 3 heteroatoms. The van der Waals surface area contributed by atoms with Crippen molar-refractivity contribution < 1.29 is 14.6 Å². The van der Waals surface area contributed by atoms with E-state index in [0.717, 1.165) is 12.8 Å². The molecule has 2 rings (SSSR count). The van der Waals surface area contributed by atoms with Gasteiger partial charge in [0.05, 0.1) is 0 Å². The summed E-state index contributed by atoms with van der Waals surface area (Å²) in [7, 11) is 0. The van der Waals surface area contributed by atoms with Gasteiger partial charge in [-0.05, 0) is 36.5 Å². The summed E-state index contributed by atoms with van der Waals surface area (Å²) in [5.74, 6) is 0.599. The Balaban J connectivity index is 2.15. The summed E-state index contributed by atoms with van der Waals surface area (Å²) in [6.07, 6.45) is 3.37. The van der Waals surface area contributed by atoms with Gasteiger partial charge in [-0.2, -0.15) is 0 Å². The largest absolute Gasteiger partial charge is 0.463 e. The lowest BCUT2D eigenvalue weighted by molar-refractivity contribution is -0.169. The maximum atomic E-state index is 10.8. The van der Waals surface area contributed by atoms with Crippen LogP contribution in [0.15, 0.2) is 0 Å². The topological polar surface area (TPSA) is 46.5 Å². The summed E-state index contributed by atoms with van der Waals surface area (Å²) >= 11 is 0. The third-order valence-corrected chi connectivity index (χ3v) is 4.74. The summed E-state index contributed by atoms with van der Waals surface area (Å²) < 4.78 is 5.03. The van der Waals surface area contributed by atoms with E-state index in [1.165, 1.54) is 13.3 Å². The Kier molecular flexibility index (Phi) is 2.34. The van der Waals surface area contributed by atoms with E-state index in [-0.39, 0.29) is 18.0 Å². The lowest BCUT2D eigenvalue weighted by Gasteiger charge is -2.45. The van der Waals surface area contributed by atoms with E-state index >= 15 is 0 Å². The van der Waals surface area contributed by atoms with Gasteiger partial charge in [0.15, 0.2) is 0 Å². The van der Waals surface area contributed by atoms with Gasteiger partial charge in [0.1, 0.15) is 12.2 Å². The first kappa shape index (κ1) is 10.9. The maximum absolute atomic E-state index is 10.8. The fourth-order valence-corrected chi connectivity index (χ4v) is 3.47. The monoisotopic (exact) mass is 212 g/mol. The van der Waals surface area contributed by atoms with Crippen LogP contribution >= 0.6 is 0 Å². The van der Waals surface area contributed by atoms with Gasteiger partial charge >= 0.3 is 5.97 Å². The van der Waals surface area contributed by atoms with Gasteiger partial charge in [0.25, 0.3) is 0 Å². The summed E-state index contributed by atoms with van der Waals surface area (Å²) in [5.41, 5.74) is -0.924. The van der Waals surface area contributed by atoms with Crippen molar-refractivity contribution in [3.8, 4) is 0 Å². The standard InChI is InChI=1S/C12H20O3/c1-8(13)15-7-12(14)10-5-4-9(6-10)11(12,2)3/h9-10,14H,4-7H2,1-3H3. The zero-order chi connectivity index (χ0) is 11.3. The number of carbonyl (C=O) groups excluding carboxylic acids is 1. The fraction of sp³-hybridized carbons (Fsp3) is 0.917. The molecular weight excluding hydrogens is 192 g/mol. The number of ether oxygens (including phenoxy) is 1. The van der Waals surface area contributed by atoms with E-state index in [2.05, 4.69) is 13.8 Å². The van der Waals surface area contributed by atoms with Gasteiger partial charge in [-0.15, -0.1) is 0 Å². The van der Waals surface area contributed by atoms with Crippen LogP contribution in [0.4, 0.5) is 0 Å². The summed E-state index contributed by atoms with van der Waals surface area (Å²) in [4.78, 5) is 10.8. The first-order valence-electron chi connectivity index (χ1n) is 5.73. The number of hydrogen-bond acceptors (Lipinski definition) is 3. The van der Waals surface area contributed by atoms with E-state index in [1.54, 1.807) is 0 Å². The Morgan fingerprint density at radius 3 is 2.47 bits per heavy atom. The van der Waals surface area contributed by atoms with Crippen LogP contribution in [0.5, 0.6) is 0 Å². The molecule has 3 nitrogen and oxygen atoms in total. The minimum absolute atomic E-state index is 0.120. The van der Waals surface area contributed by atoms with Gasteiger partial charge in [-0.25, -0.2) is 0 Å². The van der Waals surface area contributed by atoms with Crippen LogP contribution in [0.1, 0.15) is 40.0 Å². The number of carbonyl (C=O) groups is 1. The minimum atomic E-state index is -0.804. The van der Waals surface area contributed by atoms with Gasteiger partial charge in [0.2, 0.25) is 0 Å². The van der Waals surface area contributed by atoms with Gasteiger partial charge in [-0.3, -0.25) is 4.79 Å². The van der Waals surface area contributed by atoms with E-state index in [4.69, 9.17) is 4.74 Å². The molecule has 0 aliphatic heterocycles. The van der Waals surface area contributed by atoms with Gasteiger partial charge < -0.3 is 9.84 Å². The summed E-state index contributed by atoms with van der Waals surface area (Å²) in [5, 5.41) is 10.7. The van der Waals surface area contributed by atoms with Crippen LogP contribution < -0.4 is 0 Å². The van der Waals surface area contributed by atoms with Crippen LogP contribution in [0.25, 0.3) is 0 Å². The molecular formula is C12H20O3. The predicted octanol–water partition coefficient (Wildman–Crippen LogP) is 1.74. The number of rotatable bonds is 2. The lowest BCUT2D eigenvalue weighted by Crippen LogP contribution is -2.53. The molecule has 1 N–H and O–H groups in total. The SMILES string of the molecule is CC(=O)OCC1(O)C2CCC(C2)C1(C)C. The van der Waals surface area contributed by atoms with Crippen LogP contribution in [0, 0.1) is 17.3 Å². The predicted molar refractivity (Wildman–Crippen MR) is 56.2 cm³/mol. The molecule has 0 aromatic heterocycles. The third kappa shape index (κ3) is 1.40. The second-order valence-electron chi connectivity index (χ2n) is 5.63. The summed E-state index contributed by atoms with van der Waals surface area (Å²) in [6, 6.07) is 0. The van der Waals surface area contributed by atoms with Crippen LogP contribution in [0.2, 0.25) is 0 Å². The summed E-state index contributed by atoms with van der Waals surface area (Å²) in [6.45, 7) is 5.75. The average molecular weight is 212 g/mol. The van der Waals surface area contributed by atoms with E-state index < -0.39 is 5.60 Å². The third-order valence-electron chi connectivity index (χ3n) is 4.74. The second kappa shape index (κ2) is 3.21. The molecule has 0 radical (unpaired) electrons. The zero-order valence-electron chi connectivity index (χ0n) is 9.75. The van der Waals surface area contributed by atoms with Crippen LogP contribution in [-0.2, 0) is 9.53 Å². The highest BCUT2D eigenvalue weighted by molar-refractivity contribution is 5.66. The normalized spacial score (nSPS) is 41.9. The zero-order valence-corrected chi connectivity index (χ0v) is 9.75. The van der Waals surface area contributed by atoms with Crippen molar-refractivity contribution >= 4 is 5.97 Å². The average Bonchev–Trinajstić information content (AvgIpc) is 2.67. The maximum Gasteiger partial charge on any atom is 0.302 e. The van der Waals surface area contributed by atoms with E-state index in [1.807, 2.05) is 0 Å². The van der Waals surface area contributed by atoms with Crippen molar-refractivity contribution in [3.63, 3.8) is 0 Å². The number of esters is 1.